The zero-order valence-electron chi connectivity index (χ0n) is 41.3. The van der Waals surface area contributed by atoms with E-state index in [4.69, 9.17) is 4.74 Å². The van der Waals surface area contributed by atoms with E-state index in [1.807, 2.05) is 0 Å². The Morgan fingerprint density at radius 3 is 1.80 bits per heavy atom. The van der Waals surface area contributed by atoms with E-state index in [0.29, 0.717) is 0 Å². The van der Waals surface area contributed by atoms with E-state index < -0.39 is 5.41 Å². The monoisotopic (exact) mass is 946 g/mol. The van der Waals surface area contributed by atoms with Crippen LogP contribution in [0.15, 0.2) is 243 Å². The summed E-state index contributed by atoms with van der Waals surface area (Å²) >= 11 is 0. The average molecular weight is 947 g/mol. The number of ether oxygens (including phenoxy) is 1. The number of hydrogen-bond acceptors (Lipinski definition) is 2. The minimum absolute atomic E-state index is 0.197. The minimum Gasteiger partial charge on any atom is -0.457 e. The number of aromatic nitrogens is 1. The Balaban J connectivity index is 1.02. The van der Waals surface area contributed by atoms with Crippen LogP contribution in [0.1, 0.15) is 64.9 Å². The number of nitrogens with zero attached hydrogens (tertiary/aromatic N) is 2. The fourth-order valence-electron chi connectivity index (χ4n) is 13.2. The molecule has 10 aromatic carbocycles. The van der Waals surface area contributed by atoms with Crippen molar-refractivity contribution in [2.75, 3.05) is 4.90 Å². The first kappa shape index (κ1) is 42.5. The fourth-order valence-corrected chi connectivity index (χ4v) is 13.2. The molecule has 3 heteroatoms. The summed E-state index contributed by atoms with van der Waals surface area (Å²) in [5.74, 6) is 1.74. The summed E-state index contributed by atoms with van der Waals surface area (Å²) in [6.45, 7) is 4.75. The van der Waals surface area contributed by atoms with Crippen molar-refractivity contribution >= 4 is 40.1 Å². The Bertz CT molecular complexity index is 4110. The van der Waals surface area contributed by atoms with Gasteiger partial charge in [-0.15, -0.1) is 0 Å². The van der Waals surface area contributed by atoms with Crippen LogP contribution in [0, 0.1) is 0 Å². The normalized spacial score (nSPS) is 14.5. The third-order valence-corrected chi connectivity index (χ3v) is 16.5. The molecule has 0 amide bonds. The highest BCUT2D eigenvalue weighted by Gasteiger charge is 2.53. The molecule has 1 aromatic heterocycles. The SMILES string of the molecule is CC1(C)c2ccccc2-c2ccc(N(c3ccc(-c4ccccc4)cc3)c3ccc(-c4ccc(-n5c6c(c7ccccc75)C=CCC=C6)cc4)c4c3C3(c5ccccc5Oc5ccccc53)c3ccccc3-4)cc21. The van der Waals surface area contributed by atoms with Crippen molar-refractivity contribution in [3.05, 3.63) is 287 Å². The Hall–Kier alpha value is -9.18. The molecule has 3 aliphatic carbocycles. The third-order valence-electron chi connectivity index (χ3n) is 16.5. The molecule has 0 radical (unpaired) electrons. The Morgan fingerprint density at radius 1 is 0.446 bits per heavy atom. The van der Waals surface area contributed by atoms with E-state index in [0.717, 1.165) is 57.4 Å². The third kappa shape index (κ3) is 6.01. The van der Waals surface area contributed by atoms with Gasteiger partial charge in [0.2, 0.25) is 0 Å². The van der Waals surface area contributed by atoms with Crippen LogP contribution < -0.4 is 9.64 Å². The maximum Gasteiger partial charge on any atom is 0.132 e. The van der Waals surface area contributed by atoms with Crippen molar-refractivity contribution in [3.8, 4) is 61.7 Å². The number of allylic oxidation sites excluding steroid dienone is 2. The molecule has 3 nitrogen and oxygen atoms in total. The smallest absolute Gasteiger partial charge is 0.132 e. The standard InChI is InChI=1S/C71H50N2O/c1-70(2)58-25-12-9-21-53(58)54-42-41-51(45-62(54)70)72(49-37-33-47(34-38-49)46-19-5-3-6-20-46)65-44-43-52(48-35-39-50(40-36-48)73-63-29-8-4-7-22-55(63)56-23-11-16-30-64(56)73)68-57-24-10-13-26-59(57)71(69(65)68)60-27-14-17-31-66(60)74-67-32-18-15-28-61(67)71/h3,5-45H,4H2,1-2H3. The van der Waals surface area contributed by atoms with Crippen molar-refractivity contribution < 1.29 is 4.74 Å². The van der Waals surface area contributed by atoms with Crippen LogP contribution in [0.2, 0.25) is 0 Å². The van der Waals surface area contributed by atoms with Gasteiger partial charge in [0.05, 0.1) is 22.3 Å². The summed E-state index contributed by atoms with van der Waals surface area (Å²) < 4.78 is 9.36. The van der Waals surface area contributed by atoms with E-state index in [9.17, 15) is 0 Å². The van der Waals surface area contributed by atoms with Crippen molar-refractivity contribution in [1.82, 2.24) is 4.57 Å². The van der Waals surface area contributed by atoms with Crippen LogP contribution in [0.4, 0.5) is 17.1 Å². The lowest BCUT2D eigenvalue weighted by atomic mass is 9.65. The molecule has 350 valence electrons. The highest BCUT2D eigenvalue weighted by molar-refractivity contribution is 6.03. The predicted octanol–water partition coefficient (Wildman–Crippen LogP) is 18.6. The average Bonchev–Trinajstić information content (AvgIpc) is 4.03. The van der Waals surface area contributed by atoms with E-state index in [1.54, 1.807) is 0 Å². The Kier molecular flexibility index (Phi) is 9.28. The molecule has 0 bridgehead atoms. The molecule has 0 saturated carbocycles. The van der Waals surface area contributed by atoms with Crippen molar-refractivity contribution in [1.29, 1.82) is 0 Å². The van der Waals surface area contributed by atoms with Crippen molar-refractivity contribution in [2.45, 2.75) is 31.1 Å². The second-order valence-corrected chi connectivity index (χ2v) is 20.7. The van der Waals surface area contributed by atoms with Gasteiger partial charge in [0.25, 0.3) is 0 Å². The molecule has 11 aromatic rings. The summed E-state index contributed by atoms with van der Waals surface area (Å²) in [4.78, 5) is 2.54. The van der Waals surface area contributed by atoms with Gasteiger partial charge in [-0.2, -0.15) is 0 Å². The second kappa shape index (κ2) is 16.2. The molecule has 15 rings (SSSR count). The number of benzene rings is 10. The van der Waals surface area contributed by atoms with Crippen LogP contribution in [-0.2, 0) is 10.8 Å². The zero-order chi connectivity index (χ0) is 49.1. The molecule has 0 unspecified atom stereocenters. The van der Waals surface area contributed by atoms with Gasteiger partial charge in [-0.05, 0) is 134 Å². The van der Waals surface area contributed by atoms with Gasteiger partial charge in [-0.25, -0.2) is 0 Å². The lowest BCUT2D eigenvalue weighted by molar-refractivity contribution is 0.436. The lowest BCUT2D eigenvalue weighted by Crippen LogP contribution is -2.33. The van der Waals surface area contributed by atoms with Gasteiger partial charge >= 0.3 is 0 Å². The van der Waals surface area contributed by atoms with Crippen molar-refractivity contribution in [3.63, 3.8) is 0 Å². The highest BCUT2D eigenvalue weighted by atomic mass is 16.5. The van der Waals surface area contributed by atoms with Crippen molar-refractivity contribution in [2.24, 2.45) is 0 Å². The number of rotatable bonds is 6. The van der Waals surface area contributed by atoms with Crippen LogP contribution in [0.3, 0.4) is 0 Å². The largest absolute Gasteiger partial charge is 0.457 e. The molecule has 74 heavy (non-hydrogen) atoms. The molecule has 1 spiro atoms. The maximum absolute atomic E-state index is 6.94. The molecular formula is C71H50N2O. The first-order valence-electron chi connectivity index (χ1n) is 25.9. The van der Waals surface area contributed by atoms with Gasteiger partial charge in [0.15, 0.2) is 0 Å². The molecule has 0 saturated heterocycles. The van der Waals surface area contributed by atoms with E-state index in [2.05, 4.69) is 278 Å². The Morgan fingerprint density at radius 2 is 1.03 bits per heavy atom. The molecule has 1 aliphatic heterocycles. The van der Waals surface area contributed by atoms with Gasteiger partial charge < -0.3 is 14.2 Å². The van der Waals surface area contributed by atoms with E-state index in [1.165, 1.54) is 83.4 Å². The summed E-state index contributed by atoms with van der Waals surface area (Å²) in [5, 5.41) is 1.26. The van der Waals surface area contributed by atoms with Crippen LogP contribution in [-0.4, -0.2) is 4.57 Å². The Labute approximate surface area is 432 Å². The number of para-hydroxylation sites is 3. The zero-order valence-corrected chi connectivity index (χ0v) is 41.3. The molecule has 2 heterocycles. The molecule has 0 fully saturated rings. The number of hydrogen-bond donors (Lipinski definition) is 0. The number of anilines is 3. The fraction of sp³-hybridized carbons (Fsp3) is 0.0704. The predicted molar refractivity (Wildman–Crippen MR) is 306 cm³/mol. The van der Waals surface area contributed by atoms with Gasteiger partial charge in [0.1, 0.15) is 11.5 Å². The maximum atomic E-state index is 6.94. The second-order valence-electron chi connectivity index (χ2n) is 20.7. The summed E-state index contributed by atoms with van der Waals surface area (Å²) in [6, 6.07) is 85.5. The van der Waals surface area contributed by atoms with Crippen LogP contribution in [0.5, 0.6) is 11.5 Å². The summed E-state index contributed by atoms with van der Waals surface area (Å²) in [7, 11) is 0. The number of fused-ring (bicyclic) bond motifs is 15. The molecule has 0 atom stereocenters. The molecule has 4 aliphatic rings. The topological polar surface area (TPSA) is 17.4 Å². The molecular weight excluding hydrogens is 897 g/mol. The van der Waals surface area contributed by atoms with E-state index in [-0.39, 0.29) is 5.41 Å². The summed E-state index contributed by atoms with van der Waals surface area (Å²) in [6.07, 6.45) is 10.0. The van der Waals surface area contributed by atoms with Crippen LogP contribution >= 0.6 is 0 Å². The van der Waals surface area contributed by atoms with Gasteiger partial charge in [-0.1, -0.05) is 202 Å². The molecule has 0 N–H and O–H groups in total. The summed E-state index contributed by atoms with van der Waals surface area (Å²) in [5.41, 5.74) is 24.4. The lowest BCUT2D eigenvalue weighted by Gasteiger charge is -2.41. The van der Waals surface area contributed by atoms with Gasteiger partial charge in [-0.3, -0.25) is 0 Å². The van der Waals surface area contributed by atoms with E-state index >= 15 is 0 Å². The van der Waals surface area contributed by atoms with Crippen LogP contribution in [0.25, 0.3) is 73.2 Å². The quantitative estimate of drug-likeness (QED) is 0.165. The minimum atomic E-state index is -0.751. The highest BCUT2D eigenvalue weighted by Crippen LogP contribution is 2.66. The van der Waals surface area contributed by atoms with Gasteiger partial charge in [0, 0.05) is 50.1 Å². The first-order chi connectivity index (χ1) is 36.5. The first-order valence-corrected chi connectivity index (χ1v) is 25.9.